The molecule has 0 spiro atoms. The number of nitrogens with zero attached hydrogens (tertiary/aromatic N) is 1. The van der Waals surface area contributed by atoms with Crippen molar-refractivity contribution in [2.75, 3.05) is 13.3 Å². The van der Waals surface area contributed by atoms with Gasteiger partial charge >= 0.3 is 5.97 Å². The molecule has 0 aromatic heterocycles. The molecule has 3 aromatic rings. The van der Waals surface area contributed by atoms with Crippen LogP contribution in [0.5, 0.6) is 11.5 Å². The molecule has 29 heavy (non-hydrogen) atoms. The van der Waals surface area contributed by atoms with E-state index < -0.39 is 24.3 Å². The molecule has 0 saturated carbocycles. The number of fused-ring (bicyclic) bond motifs is 1. The van der Waals surface area contributed by atoms with Crippen molar-refractivity contribution in [3.05, 3.63) is 71.3 Å². The Hall–Kier alpha value is -3.87. The lowest BCUT2D eigenvalue weighted by molar-refractivity contribution is -0.145. The Bertz CT molecular complexity index is 1130. The molecule has 0 N–H and O–H groups in total. The summed E-state index contributed by atoms with van der Waals surface area (Å²) in [6.45, 7) is -0.295. The molecule has 2 amide bonds. The minimum Gasteiger partial charge on any atom is -0.459 e. The molecule has 0 saturated heterocycles. The Balaban J connectivity index is 1.32. The number of carbonyl (C=O) groups excluding carboxylic acids is 3. The zero-order valence-corrected chi connectivity index (χ0v) is 15.2. The van der Waals surface area contributed by atoms with Gasteiger partial charge in [0.1, 0.15) is 13.2 Å². The maximum Gasteiger partial charge on any atom is 0.326 e. The lowest BCUT2D eigenvalue weighted by Crippen LogP contribution is -2.43. The van der Waals surface area contributed by atoms with E-state index in [1.165, 1.54) is 0 Å². The average molecular weight is 389 g/mol. The molecule has 144 valence electrons. The summed E-state index contributed by atoms with van der Waals surface area (Å²) in [5.74, 6) is -0.448. The van der Waals surface area contributed by atoms with Crippen molar-refractivity contribution < 1.29 is 28.6 Å². The summed E-state index contributed by atoms with van der Waals surface area (Å²) in [6, 6.07) is 15.7. The maximum atomic E-state index is 12.8. The highest BCUT2D eigenvalue weighted by Gasteiger charge is 2.34. The molecule has 3 aromatic carbocycles. The molecular weight excluding hydrogens is 374 g/mol. The van der Waals surface area contributed by atoms with Crippen molar-refractivity contribution in [1.29, 1.82) is 0 Å². The van der Waals surface area contributed by atoms with E-state index in [-0.39, 0.29) is 13.4 Å². The zero-order valence-electron chi connectivity index (χ0n) is 15.2. The highest BCUT2D eigenvalue weighted by Crippen LogP contribution is 2.33. The number of hydrogen-bond acceptors (Lipinski definition) is 6. The monoisotopic (exact) mass is 389 g/mol. The van der Waals surface area contributed by atoms with E-state index in [0.717, 1.165) is 10.3 Å². The summed E-state index contributed by atoms with van der Waals surface area (Å²) in [5, 5.41) is 1.43. The number of amides is 2. The average Bonchev–Trinajstić information content (AvgIpc) is 3.21. The Kier molecular flexibility index (Phi) is 3.94. The molecule has 2 aliphatic rings. The van der Waals surface area contributed by atoms with Crippen LogP contribution in [0.25, 0.3) is 10.8 Å². The minimum absolute atomic E-state index is 0.00212. The van der Waals surface area contributed by atoms with Gasteiger partial charge in [-0.15, -0.1) is 0 Å². The van der Waals surface area contributed by atoms with E-state index >= 15 is 0 Å². The number of ether oxygens (including phenoxy) is 3. The smallest absolute Gasteiger partial charge is 0.326 e. The normalized spacial score (nSPS) is 14.4. The van der Waals surface area contributed by atoms with Crippen LogP contribution >= 0.6 is 0 Å². The molecule has 0 atom stereocenters. The van der Waals surface area contributed by atoms with Crippen LogP contribution < -0.4 is 9.47 Å². The minimum atomic E-state index is -0.670. The van der Waals surface area contributed by atoms with Crippen molar-refractivity contribution in [2.45, 2.75) is 6.61 Å². The first kappa shape index (κ1) is 17.2. The van der Waals surface area contributed by atoms with Gasteiger partial charge in [-0.1, -0.05) is 30.3 Å². The third-order valence-electron chi connectivity index (χ3n) is 4.98. The van der Waals surface area contributed by atoms with Gasteiger partial charge in [-0.2, -0.15) is 0 Å². The third kappa shape index (κ3) is 2.87. The number of benzene rings is 3. The van der Waals surface area contributed by atoms with Gasteiger partial charge in [-0.25, -0.2) is 0 Å². The summed E-state index contributed by atoms with van der Waals surface area (Å²) in [6.07, 6.45) is 0. The van der Waals surface area contributed by atoms with Gasteiger partial charge in [0.05, 0.1) is 0 Å². The lowest BCUT2D eigenvalue weighted by Gasteiger charge is -2.26. The zero-order chi connectivity index (χ0) is 20.0. The van der Waals surface area contributed by atoms with Crippen LogP contribution in [-0.4, -0.2) is 36.0 Å². The Morgan fingerprint density at radius 2 is 1.62 bits per heavy atom. The number of carbonyl (C=O) groups is 3. The van der Waals surface area contributed by atoms with Crippen LogP contribution in [-0.2, 0) is 16.1 Å². The number of rotatable bonds is 4. The van der Waals surface area contributed by atoms with E-state index in [1.807, 2.05) is 12.1 Å². The van der Waals surface area contributed by atoms with Crippen LogP contribution in [0.3, 0.4) is 0 Å². The number of hydrogen-bond donors (Lipinski definition) is 0. The molecule has 0 fully saturated rings. The quantitative estimate of drug-likeness (QED) is 0.504. The highest BCUT2D eigenvalue weighted by atomic mass is 16.7. The Morgan fingerprint density at radius 3 is 2.34 bits per heavy atom. The van der Waals surface area contributed by atoms with E-state index in [9.17, 15) is 14.4 Å². The maximum absolute atomic E-state index is 12.8. The van der Waals surface area contributed by atoms with Gasteiger partial charge in [0.25, 0.3) is 11.8 Å². The molecule has 5 rings (SSSR count). The van der Waals surface area contributed by atoms with Crippen molar-refractivity contribution in [1.82, 2.24) is 4.90 Å². The SMILES string of the molecule is O=C(CN1C(=O)c2cccc3cccc(c23)C1=O)OCc1ccc2c(c1)OCO2. The van der Waals surface area contributed by atoms with E-state index in [0.29, 0.717) is 33.6 Å². The second-order valence-electron chi connectivity index (χ2n) is 6.75. The largest absolute Gasteiger partial charge is 0.459 e. The predicted octanol–water partition coefficient (Wildman–Crippen LogP) is 2.91. The number of esters is 1. The third-order valence-corrected chi connectivity index (χ3v) is 4.98. The molecule has 0 bridgehead atoms. The van der Waals surface area contributed by atoms with E-state index in [4.69, 9.17) is 14.2 Å². The predicted molar refractivity (Wildman–Crippen MR) is 102 cm³/mol. The van der Waals surface area contributed by atoms with Crippen LogP contribution in [0.2, 0.25) is 0 Å². The first-order valence-corrected chi connectivity index (χ1v) is 9.04. The molecule has 7 heteroatoms. The van der Waals surface area contributed by atoms with Crippen molar-refractivity contribution >= 4 is 28.6 Å². The van der Waals surface area contributed by atoms with Gasteiger partial charge in [0, 0.05) is 16.5 Å². The van der Waals surface area contributed by atoms with Crippen molar-refractivity contribution in [3.8, 4) is 11.5 Å². The van der Waals surface area contributed by atoms with Crippen LogP contribution in [0.15, 0.2) is 54.6 Å². The van der Waals surface area contributed by atoms with Gasteiger partial charge < -0.3 is 14.2 Å². The molecule has 7 nitrogen and oxygen atoms in total. The van der Waals surface area contributed by atoms with Gasteiger partial charge in [0.2, 0.25) is 6.79 Å². The summed E-state index contributed by atoms with van der Waals surface area (Å²) >= 11 is 0. The summed E-state index contributed by atoms with van der Waals surface area (Å²) in [5.41, 5.74) is 1.52. The molecule has 0 unspecified atom stereocenters. The fraction of sp³-hybridized carbons (Fsp3) is 0.136. The van der Waals surface area contributed by atoms with E-state index in [1.54, 1.807) is 42.5 Å². The van der Waals surface area contributed by atoms with Gasteiger partial charge in [-0.3, -0.25) is 19.3 Å². The molecule has 0 radical (unpaired) electrons. The van der Waals surface area contributed by atoms with Crippen LogP contribution in [0.1, 0.15) is 26.3 Å². The lowest BCUT2D eigenvalue weighted by atomic mass is 9.94. The summed E-state index contributed by atoms with van der Waals surface area (Å²) < 4.78 is 15.8. The summed E-state index contributed by atoms with van der Waals surface area (Å²) in [4.78, 5) is 38.9. The summed E-state index contributed by atoms with van der Waals surface area (Å²) in [7, 11) is 0. The molecular formula is C22H15NO6. The molecule has 0 aliphatic carbocycles. The molecule has 2 heterocycles. The number of imide groups is 1. The fourth-order valence-corrected chi connectivity index (χ4v) is 3.59. The first-order valence-electron chi connectivity index (χ1n) is 9.04. The van der Waals surface area contributed by atoms with Crippen molar-refractivity contribution in [2.24, 2.45) is 0 Å². The van der Waals surface area contributed by atoms with Crippen LogP contribution in [0.4, 0.5) is 0 Å². The van der Waals surface area contributed by atoms with Crippen LogP contribution in [0, 0.1) is 0 Å². The fourth-order valence-electron chi connectivity index (χ4n) is 3.59. The molecule has 2 aliphatic heterocycles. The topological polar surface area (TPSA) is 82.1 Å². The van der Waals surface area contributed by atoms with Gasteiger partial charge in [0.15, 0.2) is 11.5 Å². The Morgan fingerprint density at radius 1 is 0.931 bits per heavy atom. The second-order valence-corrected chi connectivity index (χ2v) is 6.75. The second kappa shape index (κ2) is 6.63. The van der Waals surface area contributed by atoms with E-state index in [2.05, 4.69) is 0 Å². The standard InChI is InChI=1S/C22H15NO6/c24-19(27-11-13-7-8-17-18(9-13)29-12-28-17)10-23-21(25)15-5-1-3-14-4-2-6-16(20(14)15)22(23)26/h1-9H,10-12H2. The highest BCUT2D eigenvalue weighted by molar-refractivity contribution is 6.26. The Labute approximate surface area is 165 Å². The van der Waals surface area contributed by atoms with Crippen molar-refractivity contribution in [3.63, 3.8) is 0 Å². The van der Waals surface area contributed by atoms with Gasteiger partial charge in [-0.05, 0) is 35.2 Å². The first-order chi connectivity index (χ1) is 14.1.